The minimum Gasteiger partial charge on any atom is -0.324 e. The summed E-state index contributed by atoms with van der Waals surface area (Å²) < 4.78 is 0. The SMILES string of the molecule is Cc1cc(C)c(C(N)C2CCC(C)(C)CC2)cc1C. The van der Waals surface area contributed by atoms with Gasteiger partial charge in [-0.05, 0) is 80.0 Å². The molecule has 0 aromatic heterocycles. The number of aryl methyl sites for hydroxylation is 3. The van der Waals surface area contributed by atoms with E-state index >= 15 is 0 Å². The summed E-state index contributed by atoms with van der Waals surface area (Å²) in [5, 5.41) is 0. The van der Waals surface area contributed by atoms with Crippen LogP contribution in [0.4, 0.5) is 0 Å². The van der Waals surface area contributed by atoms with Crippen LogP contribution in [0.5, 0.6) is 0 Å². The summed E-state index contributed by atoms with van der Waals surface area (Å²) in [7, 11) is 0. The van der Waals surface area contributed by atoms with Crippen LogP contribution >= 0.6 is 0 Å². The van der Waals surface area contributed by atoms with Crippen molar-refractivity contribution in [2.45, 2.75) is 66.3 Å². The first kappa shape index (κ1) is 14.6. The maximum atomic E-state index is 6.58. The van der Waals surface area contributed by atoms with Gasteiger partial charge in [0.15, 0.2) is 0 Å². The lowest BCUT2D eigenvalue weighted by molar-refractivity contribution is 0.173. The van der Waals surface area contributed by atoms with Crippen molar-refractivity contribution < 1.29 is 0 Å². The molecule has 1 saturated carbocycles. The van der Waals surface area contributed by atoms with Crippen LogP contribution in [0.1, 0.15) is 67.8 Å². The molecule has 19 heavy (non-hydrogen) atoms. The van der Waals surface area contributed by atoms with Gasteiger partial charge < -0.3 is 5.73 Å². The summed E-state index contributed by atoms with van der Waals surface area (Å²) in [6.45, 7) is 11.3. The van der Waals surface area contributed by atoms with Crippen molar-refractivity contribution in [3.63, 3.8) is 0 Å². The minimum atomic E-state index is 0.218. The average Bonchev–Trinajstić information content (AvgIpc) is 2.33. The van der Waals surface area contributed by atoms with Gasteiger partial charge in [-0.15, -0.1) is 0 Å². The van der Waals surface area contributed by atoms with Crippen molar-refractivity contribution >= 4 is 0 Å². The Labute approximate surface area is 118 Å². The fourth-order valence-electron chi connectivity index (χ4n) is 3.38. The topological polar surface area (TPSA) is 26.0 Å². The maximum Gasteiger partial charge on any atom is 0.0326 e. The third-order valence-electron chi connectivity index (χ3n) is 5.13. The number of hydrogen-bond donors (Lipinski definition) is 1. The van der Waals surface area contributed by atoms with Gasteiger partial charge in [0.25, 0.3) is 0 Å². The molecule has 0 heterocycles. The molecule has 2 rings (SSSR count). The predicted octanol–water partition coefficient (Wildman–Crippen LogP) is 4.83. The molecule has 0 radical (unpaired) electrons. The van der Waals surface area contributed by atoms with Gasteiger partial charge in [0.05, 0.1) is 0 Å². The fraction of sp³-hybridized carbons (Fsp3) is 0.667. The van der Waals surface area contributed by atoms with Gasteiger partial charge >= 0.3 is 0 Å². The molecule has 1 aromatic rings. The molecular weight excluding hydrogens is 230 g/mol. The van der Waals surface area contributed by atoms with Crippen LogP contribution in [0, 0.1) is 32.1 Å². The molecule has 1 aliphatic carbocycles. The van der Waals surface area contributed by atoms with Crippen LogP contribution in [-0.4, -0.2) is 0 Å². The Kier molecular flexibility index (Phi) is 4.06. The second-order valence-corrected chi connectivity index (χ2v) is 7.32. The van der Waals surface area contributed by atoms with Gasteiger partial charge in [-0.25, -0.2) is 0 Å². The van der Waals surface area contributed by atoms with Crippen molar-refractivity contribution in [3.8, 4) is 0 Å². The van der Waals surface area contributed by atoms with Gasteiger partial charge in [-0.1, -0.05) is 26.0 Å². The second kappa shape index (κ2) is 5.28. The van der Waals surface area contributed by atoms with E-state index in [2.05, 4.69) is 46.8 Å². The van der Waals surface area contributed by atoms with E-state index in [1.54, 1.807) is 0 Å². The Morgan fingerprint density at radius 2 is 1.53 bits per heavy atom. The third kappa shape index (κ3) is 3.20. The van der Waals surface area contributed by atoms with Gasteiger partial charge in [0.2, 0.25) is 0 Å². The molecule has 2 N–H and O–H groups in total. The normalized spacial score (nSPS) is 21.4. The smallest absolute Gasteiger partial charge is 0.0326 e. The number of hydrogen-bond acceptors (Lipinski definition) is 1. The number of benzene rings is 1. The number of rotatable bonds is 2. The van der Waals surface area contributed by atoms with E-state index in [-0.39, 0.29) is 6.04 Å². The van der Waals surface area contributed by atoms with Crippen LogP contribution < -0.4 is 5.73 Å². The van der Waals surface area contributed by atoms with Crippen LogP contribution in [0.25, 0.3) is 0 Å². The zero-order valence-electron chi connectivity index (χ0n) is 13.2. The lowest BCUT2D eigenvalue weighted by Gasteiger charge is -2.37. The zero-order chi connectivity index (χ0) is 14.2. The molecule has 106 valence electrons. The largest absolute Gasteiger partial charge is 0.324 e. The van der Waals surface area contributed by atoms with Crippen molar-refractivity contribution in [1.29, 1.82) is 0 Å². The fourth-order valence-corrected chi connectivity index (χ4v) is 3.38. The van der Waals surface area contributed by atoms with Gasteiger partial charge in [-0.3, -0.25) is 0 Å². The summed E-state index contributed by atoms with van der Waals surface area (Å²) >= 11 is 0. The summed E-state index contributed by atoms with van der Waals surface area (Å²) in [6, 6.07) is 4.82. The first-order chi connectivity index (χ1) is 8.80. The summed E-state index contributed by atoms with van der Waals surface area (Å²) in [4.78, 5) is 0. The van der Waals surface area contributed by atoms with E-state index in [0.717, 1.165) is 0 Å². The highest BCUT2D eigenvalue weighted by atomic mass is 14.7. The van der Waals surface area contributed by atoms with Crippen molar-refractivity contribution in [2.24, 2.45) is 17.1 Å². The first-order valence-corrected chi connectivity index (χ1v) is 7.63. The Hall–Kier alpha value is -0.820. The van der Waals surface area contributed by atoms with Gasteiger partial charge in [-0.2, -0.15) is 0 Å². The van der Waals surface area contributed by atoms with Gasteiger partial charge in [0, 0.05) is 6.04 Å². The molecule has 0 saturated heterocycles. The Balaban J connectivity index is 2.16. The summed E-state index contributed by atoms with van der Waals surface area (Å²) in [5.74, 6) is 0.661. The van der Waals surface area contributed by atoms with Crippen LogP contribution in [0.2, 0.25) is 0 Å². The molecule has 1 fully saturated rings. The zero-order valence-corrected chi connectivity index (χ0v) is 13.2. The molecule has 0 amide bonds. The lowest BCUT2D eigenvalue weighted by atomic mass is 9.70. The van der Waals surface area contributed by atoms with E-state index in [1.165, 1.54) is 47.9 Å². The molecular formula is C18H29N. The molecule has 1 unspecified atom stereocenters. The average molecular weight is 259 g/mol. The minimum absolute atomic E-state index is 0.218. The Morgan fingerprint density at radius 3 is 2.11 bits per heavy atom. The first-order valence-electron chi connectivity index (χ1n) is 7.63. The standard InChI is InChI=1S/C18H29N/c1-12-10-14(3)16(11-13(12)2)17(19)15-6-8-18(4,5)9-7-15/h10-11,15,17H,6-9,19H2,1-5H3. The third-order valence-corrected chi connectivity index (χ3v) is 5.13. The van der Waals surface area contributed by atoms with Crippen molar-refractivity contribution in [3.05, 3.63) is 34.4 Å². The molecule has 1 nitrogen and oxygen atoms in total. The number of nitrogens with two attached hydrogens (primary N) is 1. The highest BCUT2D eigenvalue weighted by molar-refractivity contribution is 5.38. The quantitative estimate of drug-likeness (QED) is 0.809. The van der Waals surface area contributed by atoms with E-state index in [4.69, 9.17) is 5.73 Å². The summed E-state index contributed by atoms with van der Waals surface area (Å²) in [5.41, 5.74) is 12.6. The lowest BCUT2D eigenvalue weighted by Crippen LogP contribution is -2.29. The van der Waals surface area contributed by atoms with Crippen LogP contribution in [0.3, 0.4) is 0 Å². The maximum absolute atomic E-state index is 6.58. The highest BCUT2D eigenvalue weighted by Crippen LogP contribution is 2.42. The monoisotopic (exact) mass is 259 g/mol. The predicted molar refractivity (Wildman–Crippen MR) is 83.3 cm³/mol. The molecule has 0 aliphatic heterocycles. The Bertz CT molecular complexity index is 449. The second-order valence-electron chi connectivity index (χ2n) is 7.32. The van der Waals surface area contributed by atoms with E-state index in [1.807, 2.05) is 0 Å². The van der Waals surface area contributed by atoms with Crippen LogP contribution in [-0.2, 0) is 0 Å². The summed E-state index contributed by atoms with van der Waals surface area (Å²) in [6.07, 6.45) is 5.19. The molecule has 1 atom stereocenters. The van der Waals surface area contributed by atoms with E-state index in [0.29, 0.717) is 11.3 Å². The molecule has 1 aromatic carbocycles. The molecule has 0 spiro atoms. The molecule has 1 aliphatic rings. The highest BCUT2D eigenvalue weighted by Gasteiger charge is 2.30. The van der Waals surface area contributed by atoms with Crippen LogP contribution in [0.15, 0.2) is 12.1 Å². The van der Waals surface area contributed by atoms with E-state index in [9.17, 15) is 0 Å². The van der Waals surface area contributed by atoms with E-state index < -0.39 is 0 Å². The van der Waals surface area contributed by atoms with Crippen molar-refractivity contribution in [2.75, 3.05) is 0 Å². The Morgan fingerprint density at radius 1 is 1.00 bits per heavy atom. The van der Waals surface area contributed by atoms with Gasteiger partial charge in [0.1, 0.15) is 0 Å². The van der Waals surface area contributed by atoms with Crippen molar-refractivity contribution in [1.82, 2.24) is 0 Å². The molecule has 1 heteroatoms. The molecule has 0 bridgehead atoms.